The molecule has 2 aromatic heterocycles. The van der Waals surface area contributed by atoms with E-state index in [1.54, 1.807) is 25.4 Å². The van der Waals surface area contributed by atoms with Crippen LogP contribution in [0.5, 0.6) is 0 Å². The molecule has 0 aliphatic heterocycles. The Balaban J connectivity index is 2.38. The first-order valence-electron chi connectivity index (χ1n) is 4.71. The van der Waals surface area contributed by atoms with Crippen molar-refractivity contribution >= 4 is 11.6 Å². The molecule has 0 aliphatic rings. The number of pyridine rings is 1. The molecule has 2 heterocycles. The average molecular weight is 211 g/mol. The number of aromatic nitrogens is 4. The van der Waals surface area contributed by atoms with Crippen LogP contribution < -0.4 is 0 Å². The normalized spacial score (nSPS) is 11.1. The van der Waals surface area contributed by atoms with Gasteiger partial charge in [-0.3, -0.25) is 10.1 Å². The summed E-state index contributed by atoms with van der Waals surface area (Å²) in [7, 11) is 0. The van der Waals surface area contributed by atoms with Crippen LogP contribution >= 0.6 is 0 Å². The standard InChI is InChI=1S/C11H9N5/c1-8-14-11(16-15-8)10(7-12)6-9-2-4-13-5-3-9/h2-6H,1H3,(H,14,15,16)/b10-6-. The zero-order chi connectivity index (χ0) is 11.4. The topological polar surface area (TPSA) is 78.2 Å². The van der Waals surface area contributed by atoms with Crippen LogP contribution in [0.15, 0.2) is 24.5 Å². The Kier molecular flexibility index (Phi) is 2.74. The summed E-state index contributed by atoms with van der Waals surface area (Å²) in [5.74, 6) is 1.10. The minimum atomic E-state index is 0.414. The fourth-order valence-electron chi connectivity index (χ4n) is 1.24. The summed E-state index contributed by atoms with van der Waals surface area (Å²) < 4.78 is 0. The van der Waals surface area contributed by atoms with Gasteiger partial charge in [0.2, 0.25) is 0 Å². The molecule has 0 radical (unpaired) electrons. The van der Waals surface area contributed by atoms with E-state index in [9.17, 15) is 0 Å². The second kappa shape index (κ2) is 4.36. The molecule has 2 rings (SSSR count). The quantitative estimate of drug-likeness (QED) is 0.765. The van der Waals surface area contributed by atoms with E-state index in [0.29, 0.717) is 17.2 Å². The van der Waals surface area contributed by atoms with Crippen LogP contribution in [-0.2, 0) is 0 Å². The van der Waals surface area contributed by atoms with E-state index < -0.39 is 0 Å². The maximum atomic E-state index is 9.02. The molecule has 5 nitrogen and oxygen atoms in total. The van der Waals surface area contributed by atoms with Crippen molar-refractivity contribution in [2.45, 2.75) is 6.92 Å². The van der Waals surface area contributed by atoms with Gasteiger partial charge in [-0.25, -0.2) is 4.98 Å². The van der Waals surface area contributed by atoms with Crippen molar-refractivity contribution in [3.05, 3.63) is 41.7 Å². The minimum Gasteiger partial charge on any atom is -0.265 e. The lowest BCUT2D eigenvalue weighted by molar-refractivity contribution is 1.03. The van der Waals surface area contributed by atoms with Crippen LogP contribution in [0, 0.1) is 18.3 Å². The minimum absolute atomic E-state index is 0.414. The fraction of sp³-hybridized carbons (Fsp3) is 0.0909. The number of allylic oxidation sites excluding steroid dienone is 1. The lowest BCUT2D eigenvalue weighted by atomic mass is 10.1. The summed E-state index contributed by atoms with van der Waals surface area (Å²) in [4.78, 5) is 8.01. The Labute approximate surface area is 92.5 Å². The number of nitrogens with zero attached hydrogens (tertiary/aromatic N) is 4. The molecule has 5 heteroatoms. The van der Waals surface area contributed by atoms with Crippen molar-refractivity contribution in [1.82, 2.24) is 20.2 Å². The van der Waals surface area contributed by atoms with E-state index in [-0.39, 0.29) is 0 Å². The van der Waals surface area contributed by atoms with Crippen molar-refractivity contribution in [3.8, 4) is 6.07 Å². The second-order valence-corrected chi connectivity index (χ2v) is 3.19. The van der Waals surface area contributed by atoms with Crippen molar-refractivity contribution < 1.29 is 0 Å². The lowest BCUT2D eigenvalue weighted by Gasteiger charge is -1.92. The van der Waals surface area contributed by atoms with E-state index in [1.165, 1.54) is 0 Å². The maximum absolute atomic E-state index is 9.02. The number of aromatic amines is 1. The predicted molar refractivity (Wildman–Crippen MR) is 58.8 cm³/mol. The summed E-state index contributed by atoms with van der Waals surface area (Å²) in [5, 5.41) is 15.7. The van der Waals surface area contributed by atoms with E-state index in [2.05, 4.69) is 26.2 Å². The van der Waals surface area contributed by atoms with E-state index >= 15 is 0 Å². The first-order chi connectivity index (χ1) is 7.79. The Hall–Kier alpha value is -2.48. The number of hydrogen-bond donors (Lipinski definition) is 1. The molecule has 0 saturated heterocycles. The number of nitriles is 1. The van der Waals surface area contributed by atoms with Gasteiger partial charge in [-0.2, -0.15) is 10.4 Å². The molecule has 0 unspecified atom stereocenters. The van der Waals surface area contributed by atoms with Crippen LogP contribution in [0.25, 0.3) is 11.6 Å². The summed E-state index contributed by atoms with van der Waals surface area (Å²) in [6.07, 6.45) is 5.07. The molecule has 0 spiro atoms. The largest absolute Gasteiger partial charge is 0.265 e. The second-order valence-electron chi connectivity index (χ2n) is 3.19. The molecule has 16 heavy (non-hydrogen) atoms. The van der Waals surface area contributed by atoms with Gasteiger partial charge >= 0.3 is 0 Å². The monoisotopic (exact) mass is 211 g/mol. The molecular weight excluding hydrogens is 202 g/mol. The highest BCUT2D eigenvalue weighted by Crippen LogP contribution is 2.13. The Bertz CT molecular complexity index is 547. The van der Waals surface area contributed by atoms with Crippen molar-refractivity contribution in [1.29, 1.82) is 5.26 Å². The third-order valence-corrected chi connectivity index (χ3v) is 1.98. The van der Waals surface area contributed by atoms with Crippen molar-refractivity contribution in [2.24, 2.45) is 0 Å². The molecule has 0 fully saturated rings. The van der Waals surface area contributed by atoms with Crippen LogP contribution in [0.4, 0.5) is 0 Å². The molecule has 0 amide bonds. The average Bonchev–Trinajstić information content (AvgIpc) is 2.74. The Morgan fingerprint density at radius 3 is 2.75 bits per heavy atom. The highest BCUT2D eigenvalue weighted by molar-refractivity contribution is 5.86. The zero-order valence-electron chi connectivity index (χ0n) is 8.68. The number of rotatable bonds is 2. The van der Waals surface area contributed by atoms with E-state index in [4.69, 9.17) is 5.26 Å². The van der Waals surface area contributed by atoms with Crippen molar-refractivity contribution in [3.63, 3.8) is 0 Å². The highest BCUT2D eigenvalue weighted by Gasteiger charge is 2.06. The van der Waals surface area contributed by atoms with E-state index in [1.807, 2.05) is 12.1 Å². The third-order valence-electron chi connectivity index (χ3n) is 1.98. The van der Waals surface area contributed by atoms with Gasteiger partial charge in [0, 0.05) is 12.4 Å². The predicted octanol–water partition coefficient (Wildman–Crippen LogP) is 1.57. The molecule has 1 N–H and O–H groups in total. The van der Waals surface area contributed by atoms with Crippen LogP contribution in [0.3, 0.4) is 0 Å². The smallest absolute Gasteiger partial charge is 0.191 e. The molecule has 0 bridgehead atoms. The van der Waals surface area contributed by atoms with Crippen LogP contribution in [0.1, 0.15) is 17.2 Å². The molecular formula is C11H9N5. The Morgan fingerprint density at radius 2 is 2.19 bits per heavy atom. The zero-order valence-corrected chi connectivity index (χ0v) is 8.68. The summed E-state index contributed by atoms with van der Waals surface area (Å²) in [6.45, 7) is 1.79. The first-order valence-corrected chi connectivity index (χ1v) is 4.71. The van der Waals surface area contributed by atoms with Gasteiger partial charge in [0.15, 0.2) is 5.82 Å². The summed E-state index contributed by atoms with van der Waals surface area (Å²) >= 11 is 0. The van der Waals surface area contributed by atoms with Crippen molar-refractivity contribution in [2.75, 3.05) is 0 Å². The molecule has 78 valence electrons. The highest BCUT2D eigenvalue weighted by atomic mass is 15.2. The van der Waals surface area contributed by atoms with E-state index in [0.717, 1.165) is 5.56 Å². The summed E-state index contributed by atoms with van der Waals surface area (Å²) in [5.41, 5.74) is 1.32. The first kappa shape index (κ1) is 10.1. The third kappa shape index (κ3) is 2.12. The maximum Gasteiger partial charge on any atom is 0.191 e. The van der Waals surface area contributed by atoms with Gasteiger partial charge in [0.1, 0.15) is 11.9 Å². The van der Waals surface area contributed by atoms with Gasteiger partial charge in [0.25, 0.3) is 0 Å². The number of nitrogens with one attached hydrogen (secondary N) is 1. The van der Waals surface area contributed by atoms with Gasteiger partial charge in [-0.15, -0.1) is 0 Å². The van der Waals surface area contributed by atoms with Crippen LogP contribution in [0.2, 0.25) is 0 Å². The molecule has 0 aromatic carbocycles. The van der Waals surface area contributed by atoms with Gasteiger partial charge < -0.3 is 0 Å². The summed E-state index contributed by atoms with van der Waals surface area (Å²) in [6, 6.07) is 5.71. The SMILES string of the molecule is Cc1nc(/C(C#N)=C\c2ccncc2)n[nH]1. The number of aryl methyl sites for hydroxylation is 1. The molecule has 0 saturated carbocycles. The van der Waals surface area contributed by atoms with Crippen LogP contribution in [-0.4, -0.2) is 20.2 Å². The Morgan fingerprint density at radius 1 is 1.44 bits per heavy atom. The van der Waals surface area contributed by atoms with Gasteiger partial charge in [-0.05, 0) is 30.7 Å². The van der Waals surface area contributed by atoms with Gasteiger partial charge in [0.05, 0.1) is 5.57 Å². The molecule has 2 aromatic rings. The fourth-order valence-corrected chi connectivity index (χ4v) is 1.24. The lowest BCUT2D eigenvalue weighted by Crippen LogP contribution is -1.85. The molecule has 0 aliphatic carbocycles. The van der Waals surface area contributed by atoms with Gasteiger partial charge in [-0.1, -0.05) is 0 Å². The number of H-pyrrole nitrogens is 1. The number of hydrogen-bond acceptors (Lipinski definition) is 4. The molecule has 0 atom stereocenters.